The number of carbonyl (C=O) groups is 1. The largest absolute Gasteiger partial charge is 0.294 e. The van der Waals surface area contributed by atoms with Crippen LogP contribution in [0.4, 0.5) is 0 Å². The summed E-state index contributed by atoms with van der Waals surface area (Å²) in [6.45, 7) is 9.36. The van der Waals surface area contributed by atoms with Crippen LogP contribution < -0.4 is 0 Å². The van der Waals surface area contributed by atoms with Crippen LogP contribution in [0.25, 0.3) is 0 Å². The highest BCUT2D eigenvalue weighted by Gasteiger charge is 2.60. The fraction of sp³-hybridized carbons (Fsp3) is 0.870. The second-order valence-corrected chi connectivity index (χ2v) is 10.3. The Labute approximate surface area is 148 Å². The van der Waals surface area contributed by atoms with Crippen molar-refractivity contribution in [3.8, 4) is 0 Å². The minimum Gasteiger partial charge on any atom is -0.294 e. The van der Waals surface area contributed by atoms with Crippen LogP contribution in [0.1, 0.15) is 85.5 Å². The summed E-state index contributed by atoms with van der Waals surface area (Å²) in [5.74, 6) is 4.31. The molecule has 0 saturated heterocycles. The standard InChI is InChI=1S/C23H36O/c1-15(2)13-16-14-20-18-9-8-17-7-5-6-11-22(17,3)19(18)10-12-23(20,4)21(16)24/h13,15,17-20H,5-12,14H2,1-4H3. The van der Waals surface area contributed by atoms with Crippen LogP contribution in [0.15, 0.2) is 11.6 Å². The Morgan fingerprint density at radius 2 is 1.79 bits per heavy atom. The van der Waals surface area contributed by atoms with Crippen molar-refractivity contribution < 1.29 is 4.79 Å². The topological polar surface area (TPSA) is 17.1 Å². The zero-order valence-corrected chi connectivity index (χ0v) is 16.2. The molecule has 0 aromatic carbocycles. The van der Waals surface area contributed by atoms with Gasteiger partial charge in [-0.15, -0.1) is 0 Å². The Bertz CT molecular complexity index is 558. The van der Waals surface area contributed by atoms with E-state index in [1.165, 1.54) is 50.5 Å². The molecule has 4 aliphatic rings. The second-order valence-electron chi connectivity index (χ2n) is 10.3. The number of carbonyl (C=O) groups excluding carboxylic acids is 1. The lowest BCUT2D eigenvalue weighted by Gasteiger charge is -2.59. The third kappa shape index (κ3) is 2.29. The van der Waals surface area contributed by atoms with Crippen LogP contribution >= 0.6 is 0 Å². The Balaban J connectivity index is 1.65. The summed E-state index contributed by atoms with van der Waals surface area (Å²) in [5.41, 5.74) is 1.71. The van der Waals surface area contributed by atoms with Crippen molar-refractivity contribution >= 4 is 5.78 Å². The quantitative estimate of drug-likeness (QED) is 0.525. The number of rotatable bonds is 1. The van der Waals surface area contributed by atoms with Gasteiger partial charge in [-0.2, -0.15) is 0 Å². The van der Waals surface area contributed by atoms with Gasteiger partial charge in [-0.05, 0) is 85.5 Å². The third-order valence-corrected chi connectivity index (χ3v) is 8.76. The van der Waals surface area contributed by atoms with E-state index in [9.17, 15) is 4.79 Å². The van der Waals surface area contributed by atoms with Crippen LogP contribution in [0.2, 0.25) is 0 Å². The van der Waals surface area contributed by atoms with E-state index >= 15 is 0 Å². The van der Waals surface area contributed by atoms with Crippen molar-refractivity contribution in [3.63, 3.8) is 0 Å². The van der Waals surface area contributed by atoms with Gasteiger partial charge in [-0.25, -0.2) is 0 Å². The van der Waals surface area contributed by atoms with Crippen LogP contribution in [0.5, 0.6) is 0 Å². The van der Waals surface area contributed by atoms with Gasteiger partial charge < -0.3 is 0 Å². The van der Waals surface area contributed by atoms with Crippen molar-refractivity contribution in [2.24, 2.45) is 40.4 Å². The molecule has 1 nitrogen and oxygen atoms in total. The van der Waals surface area contributed by atoms with Gasteiger partial charge in [-0.1, -0.05) is 46.6 Å². The number of allylic oxidation sites excluding steroid dienone is 2. The van der Waals surface area contributed by atoms with Gasteiger partial charge in [0, 0.05) is 5.41 Å². The maximum Gasteiger partial charge on any atom is 0.164 e. The van der Waals surface area contributed by atoms with Crippen molar-refractivity contribution in [1.29, 1.82) is 0 Å². The lowest BCUT2D eigenvalue weighted by atomic mass is 9.45. The molecule has 0 aliphatic heterocycles. The smallest absolute Gasteiger partial charge is 0.164 e. The first-order valence-corrected chi connectivity index (χ1v) is 10.6. The van der Waals surface area contributed by atoms with Crippen LogP contribution in [-0.4, -0.2) is 5.78 Å². The molecule has 4 aliphatic carbocycles. The molecule has 4 fully saturated rings. The molecule has 4 saturated carbocycles. The van der Waals surface area contributed by atoms with E-state index in [4.69, 9.17) is 0 Å². The number of fused-ring (bicyclic) bond motifs is 5. The predicted octanol–water partition coefficient (Wildman–Crippen LogP) is 6.18. The van der Waals surface area contributed by atoms with E-state index in [1.807, 2.05) is 0 Å². The van der Waals surface area contributed by atoms with E-state index in [2.05, 4.69) is 33.8 Å². The number of hydrogen-bond donors (Lipinski definition) is 0. The zero-order chi connectivity index (χ0) is 17.1. The highest BCUT2D eigenvalue weighted by atomic mass is 16.1. The van der Waals surface area contributed by atoms with Gasteiger partial charge in [0.15, 0.2) is 5.78 Å². The molecule has 6 atom stereocenters. The first kappa shape index (κ1) is 16.9. The summed E-state index contributed by atoms with van der Waals surface area (Å²) in [4.78, 5) is 13.2. The van der Waals surface area contributed by atoms with E-state index in [-0.39, 0.29) is 5.41 Å². The maximum atomic E-state index is 13.2. The van der Waals surface area contributed by atoms with Crippen LogP contribution in [-0.2, 0) is 4.79 Å². The average molecular weight is 329 g/mol. The van der Waals surface area contributed by atoms with E-state index in [0.717, 1.165) is 30.6 Å². The number of Topliss-reactive ketones (excluding diaryl/α,β-unsaturated/α-hetero) is 1. The van der Waals surface area contributed by atoms with Gasteiger partial charge in [-0.3, -0.25) is 4.79 Å². The maximum absolute atomic E-state index is 13.2. The molecule has 0 N–H and O–H groups in total. The predicted molar refractivity (Wildman–Crippen MR) is 99.7 cm³/mol. The Kier molecular flexibility index (Phi) is 4.01. The normalized spacial score (nSPS) is 49.9. The molecule has 0 aromatic heterocycles. The Morgan fingerprint density at radius 1 is 1.00 bits per heavy atom. The summed E-state index contributed by atoms with van der Waals surface area (Å²) >= 11 is 0. The molecule has 0 amide bonds. The molecule has 0 spiro atoms. The average Bonchev–Trinajstić information content (AvgIpc) is 2.78. The molecule has 134 valence electrons. The lowest BCUT2D eigenvalue weighted by molar-refractivity contribution is -0.137. The fourth-order valence-corrected chi connectivity index (χ4v) is 7.52. The zero-order valence-electron chi connectivity index (χ0n) is 16.2. The summed E-state index contributed by atoms with van der Waals surface area (Å²) in [6, 6.07) is 0. The van der Waals surface area contributed by atoms with E-state index in [1.54, 1.807) is 0 Å². The molecule has 0 bridgehead atoms. The minimum atomic E-state index is -0.0419. The molecular formula is C23H36O. The van der Waals surface area contributed by atoms with Crippen LogP contribution in [0, 0.1) is 40.4 Å². The Morgan fingerprint density at radius 3 is 2.54 bits per heavy atom. The van der Waals surface area contributed by atoms with Gasteiger partial charge in [0.1, 0.15) is 0 Å². The SMILES string of the molecule is CC(C)C=C1CC2C3CCC4CCCCC4(C)C3CCC2(C)C1=O. The first-order chi connectivity index (χ1) is 11.4. The van der Waals surface area contributed by atoms with E-state index < -0.39 is 0 Å². The molecule has 6 unspecified atom stereocenters. The molecular weight excluding hydrogens is 292 g/mol. The molecule has 0 aromatic rings. The monoisotopic (exact) mass is 328 g/mol. The number of ketones is 1. The molecule has 4 rings (SSSR count). The van der Waals surface area contributed by atoms with Gasteiger partial charge in [0.05, 0.1) is 0 Å². The second kappa shape index (κ2) is 5.71. The molecule has 1 heteroatoms. The summed E-state index contributed by atoms with van der Waals surface area (Å²) in [6.07, 6.45) is 14.5. The molecule has 0 heterocycles. The lowest BCUT2D eigenvalue weighted by Crippen LogP contribution is -2.52. The van der Waals surface area contributed by atoms with Crippen LogP contribution in [0.3, 0.4) is 0 Å². The highest BCUT2D eigenvalue weighted by molar-refractivity contribution is 6.02. The van der Waals surface area contributed by atoms with Gasteiger partial charge in [0.25, 0.3) is 0 Å². The summed E-state index contributed by atoms with van der Waals surface area (Å²) < 4.78 is 0. The summed E-state index contributed by atoms with van der Waals surface area (Å²) in [7, 11) is 0. The van der Waals surface area contributed by atoms with Crippen molar-refractivity contribution in [2.75, 3.05) is 0 Å². The Hall–Kier alpha value is -0.590. The van der Waals surface area contributed by atoms with E-state index in [0.29, 0.717) is 23.0 Å². The summed E-state index contributed by atoms with van der Waals surface area (Å²) in [5, 5.41) is 0. The molecule has 0 radical (unpaired) electrons. The van der Waals surface area contributed by atoms with Gasteiger partial charge >= 0.3 is 0 Å². The fourth-order valence-electron chi connectivity index (χ4n) is 7.52. The van der Waals surface area contributed by atoms with Crippen molar-refractivity contribution in [2.45, 2.75) is 85.5 Å². The van der Waals surface area contributed by atoms with Gasteiger partial charge in [0.2, 0.25) is 0 Å². The minimum absolute atomic E-state index is 0.0419. The van der Waals surface area contributed by atoms with Crippen molar-refractivity contribution in [1.82, 2.24) is 0 Å². The first-order valence-electron chi connectivity index (χ1n) is 10.6. The molecule has 24 heavy (non-hydrogen) atoms. The van der Waals surface area contributed by atoms with Crippen molar-refractivity contribution in [3.05, 3.63) is 11.6 Å². The highest BCUT2D eigenvalue weighted by Crippen LogP contribution is 2.66. The third-order valence-electron chi connectivity index (χ3n) is 8.76. The number of hydrogen-bond acceptors (Lipinski definition) is 1.